The highest BCUT2D eigenvalue weighted by Crippen LogP contribution is 2.25. The van der Waals surface area contributed by atoms with Crippen LogP contribution >= 0.6 is 11.8 Å². The fourth-order valence-corrected chi connectivity index (χ4v) is 4.35. The second-order valence-electron chi connectivity index (χ2n) is 7.65. The molecule has 0 unspecified atom stereocenters. The number of aryl methyl sites for hydroxylation is 1. The summed E-state index contributed by atoms with van der Waals surface area (Å²) in [5.41, 5.74) is 4.13. The lowest BCUT2D eigenvalue weighted by Crippen LogP contribution is -1.86. The highest BCUT2D eigenvalue weighted by atomic mass is 32.2. The number of unbranched alkanes of at least 4 members (excludes halogenated alkanes) is 8. The Labute approximate surface area is 172 Å². The van der Waals surface area contributed by atoms with Gasteiger partial charge in [0.15, 0.2) is 0 Å². The molecule has 0 spiro atoms. The smallest absolute Gasteiger partial charge is 0.00723 e. The summed E-state index contributed by atoms with van der Waals surface area (Å²) in [4.78, 5) is 1.40. The molecular formula is C26H38S. The SMILES string of the molecule is CCCCCCCCCSc1ccc(-c2ccc(CCCCC)cc2)cc1. The van der Waals surface area contributed by atoms with Gasteiger partial charge in [-0.05, 0) is 53.8 Å². The molecule has 2 aromatic carbocycles. The summed E-state index contributed by atoms with van der Waals surface area (Å²) < 4.78 is 0. The molecule has 0 heterocycles. The summed E-state index contributed by atoms with van der Waals surface area (Å²) in [5, 5.41) is 0. The molecule has 27 heavy (non-hydrogen) atoms. The molecule has 1 heteroatoms. The minimum atomic E-state index is 1.21. The summed E-state index contributed by atoms with van der Waals surface area (Å²) in [6.45, 7) is 4.55. The average Bonchev–Trinajstić information content (AvgIpc) is 2.71. The van der Waals surface area contributed by atoms with Gasteiger partial charge in [0.1, 0.15) is 0 Å². The van der Waals surface area contributed by atoms with Crippen LogP contribution in [0.3, 0.4) is 0 Å². The van der Waals surface area contributed by atoms with E-state index < -0.39 is 0 Å². The summed E-state index contributed by atoms with van der Waals surface area (Å²) in [7, 11) is 0. The molecule has 2 aromatic rings. The van der Waals surface area contributed by atoms with Crippen molar-refractivity contribution in [1.29, 1.82) is 0 Å². The Morgan fingerprint density at radius 3 is 1.70 bits per heavy atom. The summed E-state index contributed by atoms with van der Waals surface area (Å²) >= 11 is 2.01. The molecule has 0 radical (unpaired) electrons. The van der Waals surface area contributed by atoms with E-state index in [1.807, 2.05) is 11.8 Å². The Kier molecular flexibility index (Phi) is 11.4. The maximum absolute atomic E-state index is 2.30. The zero-order valence-electron chi connectivity index (χ0n) is 17.5. The van der Waals surface area contributed by atoms with E-state index in [4.69, 9.17) is 0 Å². The van der Waals surface area contributed by atoms with Crippen LogP contribution in [-0.4, -0.2) is 5.75 Å². The third-order valence-corrected chi connectivity index (χ3v) is 6.33. The lowest BCUT2D eigenvalue weighted by atomic mass is 10.0. The molecule has 0 N–H and O–H groups in total. The van der Waals surface area contributed by atoms with Gasteiger partial charge in [-0.2, -0.15) is 0 Å². The van der Waals surface area contributed by atoms with Crippen molar-refractivity contribution in [2.45, 2.75) is 89.4 Å². The fourth-order valence-electron chi connectivity index (χ4n) is 3.44. The van der Waals surface area contributed by atoms with E-state index >= 15 is 0 Å². The third kappa shape index (κ3) is 9.02. The van der Waals surface area contributed by atoms with Gasteiger partial charge in [0.2, 0.25) is 0 Å². The zero-order valence-corrected chi connectivity index (χ0v) is 18.3. The van der Waals surface area contributed by atoms with E-state index in [1.54, 1.807) is 0 Å². The molecular weight excluding hydrogens is 344 g/mol. The molecule has 0 saturated carbocycles. The van der Waals surface area contributed by atoms with E-state index in [0.717, 1.165) is 0 Å². The lowest BCUT2D eigenvalue weighted by molar-refractivity contribution is 0.603. The Bertz CT molecular complexity index is 597. The van der Waals surface area contributed by atoms with Gasteiger partial charge < -0.3 is 0 Å². The van der Waals surface area contributed by atoms with Crippen molar-refractivity contribution in [2.75, 3.05) is 5.75 Å². The molecule has 2 rings (SSSR count). The molecule has 0 aromatic heterocycles. The van der Waals surface area contributed by atoms with Crippen LogP contribution in [0.15, 0.2) is 53.4 Å². The van der Waals surface area contributed by atoms with Crippen LogP contribution in [0.2, 0.25) is 0 Å². The van der Waals surface area contributed by atoms with Crippen LogP contribution in [0.4, 0.5) is 0 Å². The van der Waals surface area contributed by atoms with Crippen molar-refractivity contribution >= 4 is 11.8 Å². The van der Waals surface area contributed by atoms with E-state index in [1.165, 1.54) is 98.0 Å². The highest BCUT2D eigenvalue weighted by Gasteiger charge is 2.00. The van der Waals surface area contributed by atoms with Crippen LogP contribution in [0.1, 0.15) is 83.6 Å². The quantitative estimate of drug-likeness (QED) is 0.232. The molecule has 0 aliphatic heterocycles. The summed E-state index contributed by atoms with van der Waals surface area (Å²) in [6, 6.07) is 18.3. The fraction of sp³-hybridized carbons (Fsp3) is 0.538. The maximum Gasteiger partial charge on any atom is 0.00723 e. The second kappa shape index (κ2) is 13.9. The van der Waals surface area contributed by atoms with Gasteiger partial charge in [0, 0.05) is 4.90 Å². The number of thioether (sulfide) groups is 1. The predicted octanol–water partition coefficient (Wildman–Crippen LogP) is 8.93. The molecule has 0 aliphatic carbocycles. The molecule has 148 valence electrons. The first-order valence-electron chi connectivity index (χ1n) is 11.2. The number of hydrogen-bond donors (Lipinski definition) is 0. The molecule has 0 fully saturated rings. The van der Waals surface area contributed by atoms with Crippen molar-refractivity contribution < 1.29 is 0 Å². The van der Waals surface area contributed by atoms with Gasteiger partial charge >= 0.3 is 0 Å². The maximum atomic E-state index is 2.30. The Morgan fingerprint density at radius 1 is 0.556 bits per heavy atom. The monoisotopic (exact) mass is 382 g/mol. The predicted molar refractivity (Wildman–Crippen MR) is 124 cm³/mol. The van der Waals surface area contributed by atoms with E-state index in [2.05, 4.69) is 62.4 Å². The molecule has 0 atom stereocenters. The van der Waals surface area contributed by atoms with E-state index in [-0.39, 0.29) is 0 Å². The molecule has 0 saturated heterocycles. The van der Waals surface area contributed by atoms with Crippen LogP contribution in [0.25, 0.3) is 11.1 Å². The molecule has 0 amide bonds. The largest absolute Gasteiger partial charge is 0.126 e. The highest BCUT2D eigenvalue weighted by molar-refractivity contribution is 7.99. The van der Waals surface area contributed by atoms with Crippen molar-refractivity contribution in [3.63, 3.8) is 0 Å². The Morgan fingerprint density at radius 2 is 1.07 bits per heavy atom. The Balaban J connectivity index is 1.70. The van der Waals surface area contributed by atoms with Gasteiger partial charge in [-0.3, -0.25) is 0 Å². The molecule has 0 aliphatic rings. The average molecular weight is 383 g/mol. The minimum Gasteiger partial charge on any atom is -0.126 e. The van der Waals surface area contributed by atoms with E-state index in [0.29, 0.717) is 0 Å². The summed E-state index contributed by atoms with van der Waals surface area (Å²) in [6.07, 6.45) is 14.9. The van der Waals surface area contributed by atoms with Crippen LogP contribution in [0.5, 0.6) is 0 Å². The van der Waals surface area contributed by atoms with Gasteiger partial charge in [-0.15, -0.1) is 11.8 Å². The first-order chi connectivity index (χ1) is 13.3. The lowest BCUT2D eigenvalue weighted by Gasteiger charge is -2.07. The number of rotatable bonds is 14. The van der Waals surface area contributed by atoms with Crippen molar-refractivity contribution in [3.05, 3.63) is 54.1 Å². The van der Waals surface area contributed by atoms with Crippen molar-refractivity contribution in [2.24, 2.45) is 0 Å². The van der Waals surface area contributed by atoms with Crippen LogP contribution < -0.4 is 0 Å². The van der Waals surface area contributed by atoms with Crippen molar-refractivity contribution in [3.8, 4) is 11.1 Å². The second-order valence-corrected chi connectivity index (χ2v) is 8.82. The van der Waals surface area contributed by atoms with Crippen molar-refractivity contribution in [1.82, 2.24) is 0 Å². The third-order valence-electron chi connectivity index (χ3n) is 5.23. The normalized spacial score (nSPS) is 11.0. The van der Waals surface area contributed by atoms with Gasteiger partial charge in [0.05, 0.1) is 0 Å². The zero-order chi connectivity index (χ0) is 19.2. The molecule has 0 nitrogen and oxygen atoms in total. The van der Waals surface area contributed by atoms with Gasteiger partial charge in [-0.1, -0.05) is 102 Å². The first kappa shape index (κ1) is 22.1. The van der Waals surface area contributed by atoms with E-state index in [9.17, 15) is 0 Å². The van der Waals surface area contributed by atoms with Gasteiger partial charge in [-0.25, -0.2) is 0 Å². The van der Waals surface area contributed by atoms with Crippen LogP contribution in [-0.2, 0) is 6.42 Å². The Hall–Kier alpha value is -1.21. The topological polar surface area (TPSA) is 0 Å². The van der Waals surface area contributed by atoms with Gasteiger partial charge in [0.25, 0.3) is 0 Å². The minimum absolute atomic E-state index is 1.21. The number of benzene rings is 2. The van der Waals surface area contributed by atoms with Crippen LogP contribution in [0, 0.1) is 0 Å². The first-order valence-corrected chi connectivity index (χ1v) is 12.1. The molecule has 0 bridgehead atoms. The standard InChI is InChI=1S/C26H38S/c1-3-5-7-8-9-10-12-22-27-26-20-18-25(19-21-26)24-16-14-23(15-17-24)13-11-6-4-2/h14-21H,3-13,22H2,1-2H3. The number of hydrogen-bond acceptors (Lipinski definition) is 1. The summed E-state index contributed by atoms with van der Waals surface area (Å²) in [5.74, 6) is 1.25.